The van der Waals surface area contributed by atoms with Crippen molar-refractivity contribution < 1.29 is 21.6 Å². The summed E-state index contributed by atoms with van der Waals surface area (Å²) in [5, 5.41) is 0. The molecule has 0 radical (unpaired) electrons. The van der Waals surface area contributed by atoms with Crippen LogP contribution in [0.1, 0.15) is 25.3 Å². The number of rotatable bonds is 7. The van der Waals surface area contributed by atoms with Gasteiger partial charge in [-0.05, 0) is 55.2 Å². The summed E-state index contributed by atoms with van der Waals surface area (Å²) in [6.45, 7) is 2.28. The van der Waals surface area contributed by atoms with Crippen molar-refractivity contribution in [1.29, 1.82) is 0 Å². The zero-order chi connectivity index (χ0) is 20.4. The van der Waals surface area contributed by atoms with Gasteiger partial charge in [-0.1, -0.05) is 19.1 Å². The molecule has 0 spiro atoms. The molecule has 0 unspecified atom stereocenters. The smallest absolute Gasteiger partial charge is 0.265 e. The second-order valence-corrected chi connectivity index (χ2v) is 10.3. The summed E-state index contributed by atoms with van der Waals surface area (Å²) in [6, 6.07) is 11.3. The van der Waals surface area contributed by atoms with Crippen molar-refractivity contribution in [3.05, 3.63) is 48.0 Å². The lowest BCUT2D eigenvalue weighted by Crippen LogP contribution is -2.37. The van der Waals surface area contributed by atoms with Crippen molar-refractivity contribution >= 4 is 31.4 Å². The van der Waals surface area contributed by atoms with E-state index in [0.29, 0.717) is 37.2 Å². The third kappa shape index (κ3) is 4.10. The highest BCUT2D eigenvalue weighted by Crippen LogP contribution is 2.33. The van der Waals surface area contributed by atoms with Gasteiger partial charge in [0.25, 0.3) is 10.0 Å². The highest BCUT2D eigenvalue weighted by atomic mass is 32.2. The van der Waals surface area contributed by atoms with E-state index in [-0.39, 0.29) is 16.4 Å². The summed E-state index contributed by atoms with van der Waals surface area (Å²) in [5.41, 5.74) is 1.82. The molecule has 0 saturated heterocycles. The molecule has 7 nitrogen and oxygen atoms in total. The van der Waals surface area contributed by atoms with Crippen LogP contribution >= 0.6 is 0 Å². The number of sulfonamides is 2. The minimum Gasteiger partial charge on any atom is -0.495 e. The molecule has 0 fully saturated rings. The predicted molar refractivity (Wildman–Crippen MR) is 110 cm³/mol. The highest BCUT2D eigenvalue weighted by Gasteiger charge is 2.27. The minimum absolute atomic E-state index is 0.0439. The van der Waals surface area contributed by atoms with Crippen molar-refractivity contribution in [2.24, 2.45) is 0 Å². The monoisotopic (exact) mass is 424 g/mol. The molecule has 1 N–H and O–H groups in total. The predicted octanol–water partition coefficient (Wildman–Crippen LogP) is 2.99. The van der Waals surface area contributed by atoms with Crippen LogP contribution in [-0.4, -0.2) is 36.2 Å². The van der Waals surface area contributed by atoms with Gasteiger partial charge in [0.1, 0.15) is 10.6 Å². The first-order valence-corrected chi connectivity index (χ1v) is 12.2. The number of ether oxygens (including phenoxy) is 1. The van der Waals surface area contributed by atoms with Gasteiger partial charge in [-0.15, -0.1) is 0 Å². The van der Waals surface area contributed by atoms with Gasteiger partial charge in [0, 0.05) is 12.2 Å². The Hall–Kier alpha value is -2.26. The average Bonchev–Trinajstić information content (AvgIpc) is 2.67. The average molecular weight is 425 g/mol. The standard InChI is InChI=1S/C19H24N2O5S2/c1-3-13-27(22,23)21-12-6-7-15-14-16(10-11-17(15)21)20-28(24,25)19-9-5-4-8-18(19)26-2/h4-5,8-11,14,20H,3,6-7,12-13H2,1-2H3. The topological polar surface area (TPSA) is 92.8 Å². The molecule has 1 aliphatic heterocycles. The molecule has 0 amide bonds. The number of benzene rings is 2. The van der Waals surface area contributed by atoms with Gasteiger partial charge < -0.3 is 4.74 Å². The van der Waals surface area contributed by atoms with Gasteiger partial charge >= 0.3 is 0 Å². The van der Waals surface area contributed by atoms with Crippen molar-refractivity contribution in [3.8, 4) is 5.75 Å². The first-order chi connectivity index (χ1) is 13.3. The Balaban J connectivity index is 1.92. The summed E-state index contributed by atoms with van der Waals surface area (Å²) < 4.78 is 59.7. The number of aryl methyl sites for hydroxylation is 1. The molecule has 28 heavy (non-hydrogen) atoms. The molecule has 0 aromatic heterocycles. The summed E-state index contributed by atoms with van der Waals surface area (Å²) in [5.74, 6) is 0.346. The third-order valence-corrected chi connectivity index (χ3v) is 7.96. The molecule has 0 saturated carbocycles. The fourth-order valence-corrected chi connectivity index (χ4v) is 6.18. The van der Waals surface area contributed by atoms with E-state index < -0.39 is 20.0 Å². The molecule has 2 aromatic rings. The number of hydrogen-bond acceptors (Lipinski definition) is 5. The lowest BCUT2D eigenvalue weighted by atomic mass is 10.0. The fraction of sp³-hybridized carbons (Fsp3) is 0.368. The number of nitrogens with one attached hydrogen (secondary N) is 1. The van der Waals surface area contributed by atoms with E-state index in [1.165, 1.54) is 17.5 Å². The van der Waals surface area contributed by atoms with Crippen LogP contribution in [0.25, 0.3) is 0 Å². The van der Waals surface area contributed by atoms with Gasteiger partial charge in [-0.3, -0.25) is 9.03 Å². The van der Waals surface area contributed by atoms with Crippen LogP contribution in [-0.2, 0) is 26.5 Å². The molecule has 0 bridgehead atoms. The zero-order valence-electron chi connectivity index (χ0n) is 15.9. The van der Waals surface area contributed by atoms with Crippen LogP contribution in [0.4, 0.5) is 11.4 Å². The van der Waals surface area contributed by atoms with Crippen molar-refractivity contribution in [2.45, 2.75) is 31.1 Å². The van der Waals surface area contributed by atoms with Crippen LogP contribution in [0, 0.1) is 0 Å². The van der Waals surface area contributed by atoms with E-state index in [4.69, 9.17) is 4.74 Å². The van der Waals surface area contributed by atoms with E-state index in [2.05, 4.69) is 4.72 Å². The number of hydrogen-bond donors (Lipinski definition) is 1. The Bertz CT molecular complexity index is 1070. The van der Waals surface area contributed by atoms with E-state index in [0.717, 1.165) is 5.56 Å². The van der Waals surface area contributed by atoms with Crippen molar-refractivity contribution in [2.75, 3.05) is 28.4 Å². The SMILES string of the molecule is CCCS(=O)(=O)N1CCCc2cc(NS(=O)(=O)c3ccccc3OC)ccc21. The molecule has 1 heterocycles. The summed E-state index contributed by atoms with van der Waals surface area (Å²) in [4.78, 5) is 0.0439. The molecule has 3 rings (SSSR count). The zero-order valence-corrected chi connectivity index (χ0v) is 17.5. The third-order valence-electron chi connectivity index (χ3n) is 4.56. The number of para-hydroxylation sites is 1. The first-order valence-electron chi connectivity index (χ1n) is 9.07. The molecule has 9 heteroatoms. The molecule has 152 valence electrons. The maximum absolute atomic E-state index is 12.8. The normalized spacial score (nSPS) is 14.4. The maximum Gasteiger partial charge on any atom is 0.265 e. The van der Waals surface area contributed by atoms with Crippen LogP contribution < -0.4 is 13.8 Å². The molecular formula is C19H24N2O5S2. The van der Waals surface area contributed by atoms with E-state index in [1.54, 1.807) is 36.4 Å². The molecule has 2 aromatic carbocycles. The van der Waals surface area contributed by atoms with E-state index >= 15 is 0 Å². The number of methoxy groups -OCH3 is 1. The Morgan fingerprint density at radius 2 is 1.86 bits per heavy atom. The van der Waals surface area contributed by atoms with Crippen molar-refractivity contribution in [3.63, 3.8) is 0 Å². The molecule has 0 atom stereocenters. The number of fused-ring (bicyclic) bond motifs is 1. The minimum atomic E-state index is -3.84. The van der Waals surface area contributed by atoms with Gasteiger partial charge in [0.2, 0.25) is 10.0 Å². The molecular weight excluding hydrogens is 400 g/mol. The second-order valence-electron chi connectivity index (χ2n) is 6.59. The van der Waals surface area contributed by atoms with Gasteiger partial charge in [-0.2, -0.15) is 0 Å². The summed E-state index contributed by atoms with van der Waals surface area (Å²) in [7, 11) is -5.79. The Morgan fingerprint density at radius 3 is 2.57 bits per heavy atom. The Morgan fingerprint density at radius 1 is 1.11 bits per heavy atom. The van der Waals surface area contributed by atoms with Crippen LogP contribution in [0.2, 0.25) is 0 Å². The Kier molecular flexibility index (Phi) is 5.85. The van der Waals surface area contributed by atoms with E-state index in [9.17, 15) is 16.8 Å². The van der Waals surface area contributed by atoms with Crippen LogP contribution in [0.5, 0.6) is 5.75 Å². The fourth-order valence-electron chi connectivity index (χ4n) is 3.33. The molecule has 1 aliphatic rings. The second kappa shape index (κ2) is 8.00. The largest absolute Gasteiger partial charge is 0.495 e. The molecule has 0 aliphatic carbocycles. The van der Waals surface area contributed by atoms with Gasteiger partial charge in [0.05, 0.1) is 18.6 Å². The van der Waals surface area contributed by atoms with Crippen LogP contribution in [0.3, 0.4) is 0 Å². The van der Waals surface area contributed by atoms with E-state index in [1.807, 2.05) is 6.92 Å². The Labute approximate surface area is 166 Å². The lowest BCUT2D eigenvalue weighted by molar-refractivity contribution is 0.403. The van der Waals surface area contributed by atoms with Crippen LogP contribution in [0.15, 0.2) is 47.4 Å². The lowest BCUT2D eigenvalue weighted by Gasteiger charge is -2.30. The summed E-state index contributed by atoms with van der Waals surface area (Å²) in [6.07, 6.45) is 1.93. The quantitative estimate of drug-likeness (QED) is 0.738. The van der Waals surface area contributed by atoms with Gasteiger partial charge in [0.15, 0.2) is 0 Å². The van der Waals surface area contributed by atoms with Crippen molar-refractivity contribution in [1.82, 2.24) is 0 Å². The maximum atomic E-state index is 12.8. The first kappa shape index (κ1) is 20.5. The summed E-state index contributed by atoms with van der Waals surface area (Å²) >= 11 is 0. The highest BCUT2D eigenvalue weighted by molar-refractivity contribution is 7.93. The number of nitrogens with zero attached hydrogens (tertiary/aromatic N) is 1. The number of anilines is 2. The van der Waals surface area contributed by atoms with Gasteiger partial charge in [-0.25, -0.2) is 16.8 Å².